The van der Waals surface area contributed by atoms with Gasteiger partial charge in [0.25, 0.3) is 5.91 Å². The van der Waals surface area contributed by atoms with Gasteiger partial charge < -0.3 is 4.90 Å². The third-order valence-corrected chi connectivity index (χ3v) is 4.66. The maximum absolute atomic E-state index is 13.1. The van der Waals surface area contributed by atoms with E-state index < -0.39 is 0 Å². The molecule has 0 aliphatic rings. The summed E-state index contributed by atoms with van der Waals surface area (Å²) in [4.78, 5) is 19.6. The lowest BCUT2D eigenvalue weighted by molar-refractivity contribution is 0.0745. The summed E-state index contributed by atoms with van der Waals surface area (Å²) in [7, 11) is 0. The minimum absolute atomic E-state index is 0.00357. The Kier molecular flexibility index (Phi) is 4.71. The topological polar surface area (TPSA) is 37.6 Å². The maximum atomic E-state index is 13.1. The Labute approximate surface area is 150 Å². The van der Waals surface area contributed by atoms with E-state index in [0.717, 1.165) is 26.9 Å². The molecule has 5 heteroatoms. The van der Waals surface area contributed by atoms with Crippen molar-refractivity contribution < 1.29 is 4.79 Å². The van der Waals surface area contributed by atoms with E-state index in [1.54, 1.807) is 0 Å². The summed E-state index contributed by atoms with van der Waals surface area (Å²) in [5, 5.41) is 0. The van der Waals surface area contributed by atoms with Gasteiger partial charge in [-0.3, -0.25) is 9.20 Å². The van der Waals surface area contributed by atoms with Gasteiger partial charge in [-0.2, -0.15) is 0 Å². The standard InChI is InChI=1S/C19H20BrN3O/c1-4-22(12-15-8-6-5-7-9-15)19(24)17-14(3)21-18-16(20)10-13(2)11-23(17)18/h5-11H,4,12H2,1-3H3. The quantitative estimate of drug-likeness (QED) is 0.668. The fraction of sp³-hybridized carbons (Fsp3) is 0.263. The average molecular weight is 386 g/mol. The van der Waals surface area contributed by atoms with Gasteiger partial charge in [-0.05, 0) is 53.9 Å². The number of fused-ring (bicyclic) bond motifs is 1. The Hall–Kier alpha value is -2.14. The normalized spacial score (nSPS) is 11.0. The zero-order valence-electron chi connectivity index (χ0n) is 14.1. The van der Waals surface area contributed by atoms with Gasteiger partial charge in [-0.1, -0.05) is 30.3 Å². The van der Waals surface area contributed by atoms with Crippen LogP contribution in [0.2, 0.25) is 0 Å². The molecule has 0 unspecified atom stereocenters. The summed E-state index contributed by atoms with van der Waals surface area (Å²) in [6, 6.07) is 12.1. The molecule has 1 aromatic carbocycles. The number of carbonyl (C=O) groups is 1. The minimum Gasteiger partial charge on any atom is -0.333 e. The number of pyridine rings is 1. The Morgan fingerprint density at radius 3 is 2.62 bits per heavy atom. The molecule has 0 saturated heterocycles. The fourth-order valence-electron chi connectivity index (χ4n) is 2.88. The van der Waals surface area contributed by atoms with Gasteiger partial charge in [0.05, 0.1) is 10.2 Å². The summed E-state index contributed by atoms with van der Waals surface area (Å²) in [5.74, 6) is 0.00357. The third-order valence-electron chi connectivity index (χ3n) is 4.07. The van der Waals surface area contributed by atoms with Crippen LogP contribution in [0.15, 0.2) is 47.1 Å². The van der Waals surface area contributed by atoms with E-state index in [-0.39, 0.29) is 5.91 Å². The second kappa shape index (κ2) is 6.77. The molecule has 2 aromatic heterocycles. The van der Waals surface area contributed by atoms with E-state index in [9.17, 15) is 4.79 Å². The van der Waals surface area contributed by atoms with E-state index in [4.69, 9.17) is 0 Å². The van der Waals surface area contributed by atoms with Crippen molar-refractivity contribution in [1.82, 2.24) is 14.3 Å². The van der Waals surface area contributed by atoms with E-state index in [1.807, 2.05) is 72.7 Å². The van der Waals surface area contributed by atoms with Gasteiger partial charge in [0.2, 0.25) is 0 Å². The summed E-state index contributed by atoms with van der Waals surface area (Å²) in [6.07, 6.45) is 1.96. The van der Waals surface area contributed by atoms with E-state index in [2.05, 4.69) is 20.9 Å². The highest BCUT2D eigenvalue weighted by atomic mass is 79.9. The summed E-state index contributed by atoms with van der Waals surface area (Å²) in [6.45, 7) is 7.14. The van der Waals surface area contributed by atoms with Crippen molar-refractivity contribution in [3.8, 4) is 0 Å². The number of amides is 1. The zero-order valence-corrected chi connectivity index (χ0v) is 15.7. The van der Waals surface area contributed by atoms with Crippen LogP contribution in [-0.2, 0) is 6.54 Å². The van der Waals surface area contributed by atoms with Gasteiger partial charge in [0.1, 0.15) is 5.69 Å². The lowest BCUT2D eigenvalue weighted by Gasteiger charge is -2.21. The van der Waals surface area contributed by atoms with Gasteiger partial charge in [0.15, 0.2) is 5.65 Å². The van der Waals surface area contributed by atoms with Gasteiger partial charge in [-0.15, -0.1) is 0 Å². The van der Waals surface area contributed by atoms with Crippen LogP contribution >= 0.6 is 15.9 Å². The molecule has 1 amide bonds. The molecule has 24 heavy (non-hydrogen) atoms. The number of benzene rings is 1. The predicted molar refractivity (Wildman–Crippen MR) is 99.2 cm³/mol. The first-order valence-corrected chi connectivity index (χ1v) is 8.78. The highest BCUT2D eigenvalue weighted by Crippen LogP contribution is 2.23. The molecule has 0 spiro atoms. The molecular weight excluding hydrogens is 366 g/mol. The SMILES string of the molecule is CCN(Cc1ccccc1)C(=O)c1c(C)nc2c(Br)cc(C)cn12. The van der Waals surface area contributed by atoms with E-state index in [0.29, 0.717) is 18.8 Å². The van der Waals surface area contributed by atoms with Crippen LogP contribution in [0.3, 0.4) is 0 Å². The van der Waals surface area contributed by atoms with Crippen LogP contribution in [0.1, 0.15) is 34.2 Å². The van der Waals surface area contributed by atoms with Gasteiger partial charge in [0, 0.05) is 19.3 Å². The second-order valence-electron chi connectivity index (χ2n) is 5.91. The molecule has 0 fully saturated rings. The van der Waals surface area contributed by atoms with Gasteiger partial charge >= 0.3 is 0 Å². The smallest absolute Gasteiger partial charge is 0.273 e. The molecule has 0 atom stereocenters. The van der Waals surface area contributed by atoms with Crippen LogP contribution in [0.5, 0.6) is 0 Å². The lowest BCUT2D eigenvalue weighted by Crippen LogP contribution is -2.31. The Balaban J connectivity index is 2.02. The number of halogens is 1. The number of aryl methyl sites for hydroxylation is 2. The summed E-state index contributed by atoms with van der Waals surface area (Å²) >= 11 is 3.54. The Morgan fingerprint density at radius 1 is 1.25 bits per heavy atom. The van der Waals surface area contributed by atoms with Crippen LogP contribution < -0.4 is 0 Å². The zero-order chi connectivity index (χ0) is 17.3. The van der Waals surface area contributed by atoms with Crippen molar-refractivity contribution in [1.29, 1.82) is 0 Å². The van der Waals surface area contributed by atoms with Crippen LogP contribution in [0.4, 0.5) is 0 Å². The molecule has 3 rings (SSSR count). The molecule has 2 heterocycles. The molecule has 0 saturated carbocycles. The number of hydrogen-bond donors (Lipinski definition) is 0. The number of imidazole rings is 1. The molecule has 0 aliphatic carbocycles. The molecule has 3 aromatic rings. The Bertz CT molecular complexity index is 887. The predicted octanol–water partition coefficient (Wildman–Crippen LogP) is 4.38. The number of carbonyl (C=O) groups excluding carboxylic acids is 1. The number of aromatic nitrogens is 2. The van der Waals surface area contributed by atoms with Crippen LogP contribution in [-0.4, -0.2) is 26.7 Å². The highest BCUT2D eigenvalue weighted by molar-refractivity contribution is 9.10. The average Bonchev–Trinajstić information content (AvgIpc) is 2.89. The maximum Gasteiger partial charge on any atom is 0.273 e. The summed E-state index contributed by atoms with van der Waals surface area (Å²) < 4.78 is 2.79. The molecule has 124 valence electrons. The van der Waals surface area contributed by atoms with Crippen molar-refractivity contribution in [3.05, 3.63) is 69.6 Å². The number of hydrogen-bond acceptors (Lipinski definition) is 2. The molecule has 0 bridgehead atoms. The lowest BCUT2D eigenvalue weighted by atomic mass is 10.2. The summed E-state index contributed by atoms with van der Waals surface area (Å²) in [5.41, 5.74) is 4.35. The van der Waals surface area contributed by atoms with Crippen LogP contribution in [0, 0.1) is 13.8 Å². The third kappa shape index (κ3) is 3.08. The van der Waals surface area contributed by atoms with E-state index >= 15 is 0 Å². The first kappa shape index (κ1) is 16.7. The monoisotopic (exact) mass is 385 g/mol. The number of rotatable bonds is 4. The van der Waals surface area contributed by atoms with Gasteiger partial charge in [-0.25, -0.2) is 4.98 Å². The first-order chi connectivity index (χ1) is 11.5. The minimum atomic E-state index is 0.00357. The highest BCUT2D eigenvalue weighted by Gasteiger charge is 2.22. The van der Waals surface area contributed by atoms with Crippen molar-refractivity contribution in [2.75, 3.05) is 6.54 Å². The van der Waals surface area contributed by atoms with Crippen molar-refractivity contribution in [3.63, 3.8) is 0 Å². The molecule has 0 aliphatic heterocycles. The van der Waals surface area contributed by atoms with Crippen LogP contribution in [0.25, 0.3) is 5.65 Å². The van der Waals surface area contributed by atoms with Crippen molar-refractivity contribution in [2.45, 2.75) is 27.3 Å². The van der Waals surface area contributed by atoms with Crippen molar-refractivity contribution >= 4 is 27.5 Å². The molecule has 0 N–H and O–H groups in total. The largest absolute Gasteiger partial charge is 0.333 e. The fourth-order valence-corrected chi connectivity index (χ4v) is 3.52. The molecule has 0 radical (unpaired) electrons. The van der Waals surface area contributed by atoms with Crippen molar-refractivity contribution in [2.24, 2.45) is 0 Å². The Morgan fingerprint density at radius 2 is 1.96 bits per heavy atom. The van der Waals surface area contributed by atoms with E-state index in [1.165, 1.54) is 0 Å². The number of nitrogens with zero attached hydrogens (tertiary/aromatic N) is 3. The molecular formula is C19H20BrN3O. The molecule has 4 nitrogen and oxygen atoms in total. The first-order valence-electron chi connectivity index (χ1n) is 7.99. The second-order valence-corrected chi connectivity index (χ2v) is 6.76.